The summed E-state index contributed by atoms with van der Waals surface area (Å²) >= 11 is 0. The van der Waals surface area contributed by atoms with Gasteiger partial charge in [-0.1, -0.05) is 13.8 Å². The number of carbonyl (C=O) groups excluding carboxylic acids is 1. The highest BCUT2D eigenvalue weighted by atomic mass is 16.4. The number of hydrogen-bond acceptors (Lipinski definition) is 5. The molecule has 0 aromatic carbocycles. The first-order valence-corrected chi connectivity index (χ1v) is 10.4. The minimum absolute atomic E-state index is 0.0774. The van der Waals surface area contributed by atoms with E-state index >= 15 is 0 Å². The Hall–Kier alpha value is -0.980. The van der Waals surface area contributed by atoms with Crippen LogP contribution in [-0.2, 0) is 9.59 Å². The van der Waals surface area contributed by atoms with Crippen LogP contribution in [0.15, 0.2) is 0 Å². The number of aliphatic carboxylic acids is 1. The van der Waals surface area contributed by atoms with E-state index in [1.807, 2.05) is 6.92 Å². The first-order chi connectivity index (χ1) is 12.6. The largest absolute Gasteiger partial charge is 0.479 e. The maximum absolute atomic E-state index is 12.0. The Morgan fingerprint density at radius 2 is 1.85 bits per heavy atom. The molecular weight excluding hydrogens is 348 g/mol. The van der Waals surface area contributed by atoms with E-state index in [0.29, 0.717) is 37.4 Å². The van der Waals surface area contributed by atoms with Gasteiger partial charge in [0.25, 0.3) is 0 Å². The van der Waals surface area contributed by atoms with E-state index in [-0.39, 0.29) is 23.2 Å². The van der Waals surface area contributed by atoms with Crippen LogP contribution < -0.4 is 0 Å². The zero-order chi connectivity index (χ0) is 19.7. The number of carboxylic acid groups (broad SMARTS) is 1. The molecule has 27 heavy (non-hydrogen) atoms. The van der Waals surface area contributed by atoms with E-state index in [4.69, 9.17) is 0 Å². The highest BCUT2D eigenvalue weighted by Crippen LogP contribution is 2.67. The minimum Gasteiger partial charge on any atom is -0.479 e. The molecule has 0 aliphatic heterocycles. The number of carboxylic acids is 1. The molecule has 4 aliphatic carbocycles. The van der Waals surface area contributed by atoms with Crippen molar-refractivity contribution in [3.8, 4) is 0 Å². The van der Waals surface area contributed by atoms with Crippen LogP contribution in [0, 0.1) is 40.4 Å². The smallest absolute Gasteiger partial charge is 0.332 e. The van der Waals surface area contributed by atoms with Gasteiger partial charge in [0.15, 0.2) is 6.10 Å². The van der Waals surface area contributed by atoms with Gasteiger partial charge in [0.1, 0.15) is 5.78 Å². The van der Waals surface area contributed by atoms with Gasteiger partial charge in [0, 0.05) is 18.8 Å². The number of fused-ring (bicyclic) bond motifs is 5. The maximum Gasteiger partial charge on any atom is 0.332 e. The molecule has 0 amide bonds. The Bertz CT molecular complexity index is 649. The summed E-state index contributed by atoms with van der Waals surface area (Å²) in [7, 11) is 0. The van der Waals surface area contributed by atoms with Gasteiger partial charge in [-0.3, -0.25) is 4.79 Å². The molecule has 0 spiro atoms. The van der Waals surface area contributed by atoms with Crippen LogP contribution in [0.4, 0.5) is 0 Å². The second-order valence-corrected chi connectivity index (χ2v) is 10.2. The Labute approximate surface area is 160 Å². The Morgan fingerprint density at radius 1 is 1.15 bits per heavy atom. The summed E-state index contributed by atoms with van der Waals surface area (Å²) in [5, 5.41) is 41.5. The highest BCUT2D eigenvalue weighted by molar-refractivity contribution is 5.79. The summed E-state index contributed by atoms with van der Waals surface area (Å²) in [6.07, 6.45) is 1.66. The minimum atomic E-state index is -1.61. The predicted octanol–water partition coefficient (Wildman–Crippen LogP) is 1.60. The van der Waals surface area contributed by atoms with Crippen molar-refractivity contribution >= 4 is 11.8 Å². The van der Waals surface area contributed by atoms with Gasteiger partial charge >= 0.3 is 5.97 Å². The molecule has 4 rings (SSSR count). The zero-order valence-corrected chi connectivity index (χ0v) is 16.2. The summed E-state index contributed by atoms with van der Waals surface area (Å²) in [6.45, 7) is 4.17. The SMILES string of the molecule is C[C@]12C[C@H](O)[C@H]3[C@@H](CCC4CC(=O)CC[C@@]43C)[C@@H]1C[C@@H](O)[C@@H]2[C@H](O)C(=O)O. The van der Waals surface area contributed by atoms with Gasteiger partial charge in [0.2, 0.25) is 0 Å². The van der Waals surface area contributed by atoms with Gasteiger partial charge in [-0.15, -0.1) is 0 Å². The van der Waals surface area contributed by atoms with Crippen molar-refractivity contribution < 1.29 is 30.0 Å². The average Bonchev–Trinajstić information content (AvgIpc) is 2.84. The molecule has 0 aromatic heterocycles. The van der Waals surface area contributed by atoms with E-state index in [1.165, 1.54) is 0 Å². The fourth-order valence-corrected chi connectivity index (χ4v) is 7.95. The summed E-state index contributed by atoms with van der Waals surface area (Å²) in [4.78, 5) is 23.4. The van der Waals surface area contributed by atoms with Gasteiger partial charge in [0.05, 0.1) is 12.2 Å². The van der Waals surface area contributed by atoms with E-state index in [1.54, 1.807) is 0 Å². The van der Waals surface area contributed by atoms with E-state index in [0.717, 1.165) is 19.3 Å². The van der Waals surface area contributed by atoms with Gasteiger partial charge in [-0.05, 0) is 66.6 Å². The number of ketones is 1. The molecule has 0 radical (unpaired) electrons. The summed E-state index contributed by atoms with van der Waals surface area (Å²) < 4.78 is 0. The van der Waals surface area contributed by atoms with Crippen LogP contribution in [0.3, 0.4) is 0 Å². The third-order valence-electron chi connectivity index (χ3n) is 9.11. The standard InChI is InChI=1S/C21H32O6/c1-20-6-5-11(22)7-10(20)3-4-12-13-8-14(23)17(18(25)19(26)27)21(13,2)9-15(24)16(12)20/h10,12-18,23-25H,3-9H2,1-2H3,(H,26,27)/t10?,12-,13-,14+,15-,16+,17+,18-,20-,21-/m0/s1. The fourth-order valence-electron chi connectivity index (χ4n) is 7.95. The molecule has 4 N–H and O–H groups in total. The van der Waals surface area contributed by atoms with Crippen molar-refractivity contribution in [2.24, 2.45) is 40.4 Å². The number of hydrogen-bond donors (Lipinski definition) is 4. The molecule has 4 saturated carbocycles. The molecule has 0 bridgehead atoms. The number of carbonyl (C=O) groups is 2. The lowest BCUT2D eigenvalue weighted by Crippen LogP contribution is -2.59. The highest BCUT2D eigenvalue weighted by Gasteiger charge is 2.66. The van der Waals surface area contributed by atoms with Gasteiger partial charge < -0.3 is 20.4 Å². The van der Waals surface area contributed by atoms with Crippen LogP contribution >= 0.6 is 0 Å². The van der Waals surface area contributed by atoms with Crippen molar-refractivity contribution in [3.63, 3.8) is 0 Å². The fraction of sp³-hybridized carbons (Fsp3) is 0.905. The average molecular weight is 380 g/mol. The van der Waals surface area contributed by atoms with Gasteiger partial charge in [-0.25, -0.2) is 4.79 Å². The van der Waals surface area contributed by atoms with Crippen LogP contribution in [0.2, 0.25) is 0 Å². The molecular formula is C21H32O6. The lowest BCUT2D eigenvalue weighted by Gasteiger charge is -2.61. The number of rotatable bonds is 2. The number of aliphatic hydroxyl groups excluding tert-OH is 3. The number of aliphatic hydroxyl groups is 3. The van der Waals surface area contributed by atoms with E-state index in [2.05, 4.69) is 6.92 Å². The van der Waals surface area contributed by atoms with Crippen molar-refractivity contribution in [2.75, 3.05) is 0 Å². The monoisotopic (exact) mass is 380 g/mol. The number of Topliss-reactive ketones (excluding diaryl/α,β-unsaturated/α-hetero) is 1. The van der Waals surface area contributed by atoms with E-state index < -0.39 is 35.6 Å². The molecule has 4 fully saturated rings. The van der Waals surface area contributed by atoms with E-state index in [9.17, 15) is 30.0 Å². The molecule has 6 heteroatoms. The summed E-state index contributed by atoms with van der Waals surface area (Å²) in [5.74, 6) is -1.05. The molecule has 1 unspecified atom stereocenters. The van der Waals surface area contributed by atoms with Gasteiger partial charge in [-0.2, -0.15) is 0 Å². The zero-order valence-electron chi connectivity index (χ0n) is 16.2. The molecule has 0 heterocycles. The third kappa shape index (κ3) is 2.63. The van der Waals surface area contributed by atoms with Crippen LogP contribution in [0.25, 0.3) is 0 Å². The molecule has 0 saturated heterocycles. The quantitative estimate of drug-likeness (QED) is 0.578. The summed E-state index contributed by atoms with van der Waals surface area (Å²) in [5.41, 5.74) is -0.669. The van der Waals surface area contributed by atoms with Crippen LogP contribution in [0.1, 0.15) is 58.8 Å². The summed E-state index contributed by atoms with van der Waals surface area (Å²) in [6, 6.07) is 0. The maximum atomic E-state index is 12.0. The Kier molecular flexibility index (Phi) is 4.48. The molecule has 4 aliphatic rings. The molecule has 10 atom stereocenters. The van der Waals surface area contributed by atoms with Crippen LogP contribution in [-0.4, -0.2) is 50.5 Å². The van der Waals surface area contributed by atoms with Crippen molar-refractivity contribution in [1.82, 2.24) is 0 Å². The molecule has 0 aromatic rings. The Balaban J connectivity index is 1.68. The lowest BCUT2D eigenvalue weighted by atomic mass is 9.44. The topological polar surface area (TPSA) is 115 Å². The van der Waals surface area contributed by atoms with Crippen molar-refractivity contribution in [2.45, 2.75) is 77.1 Å². The molecule has 152 valence electrons. The first kappa shape index (κ1) is 19.3. The normalized spacial score (nSPS) is 53.2. The lowest BCUT2D eigenvalue weighted by molar-refractivity contribution is -0.183. The van der Waals surface area contributed by atoms with Crippen molar-refractivity contribution in [3.05, 3.63) is 0 Å². The first-order valence-electron chi connectivity index (χ1n) is 10.4. The third-order valence-corrected chi connectivity index (χ3v) is 9.11. The van der Waals surface area contributed by atoms with Crippen LogP contribution in [0.5, 0.6) is 0 Å². The van der Waals surface area contributed by atoms with Crippen molar-refractivity contribution in [1.29, 1.82) is 0 Å². The Morgan fingerprint density at radius 3 is 2.52 bits per heavy atom. The molecule has 6 nitrogen and oxygen atoms in total. The second-order valence-electron chi connectivity index (χ2n) is 10.2. The second kappa shape index (κ2) is 6.26. The predicted molar refractivity (Wildman–Crippen MR) is 96.6 cm³/mol.